The van der Waals surface area contributed by atoms with Gasteiger partial charge in [-0.3, -0.25) is 0 Å². The van der Waals surface area contributed by atoms with E-state index in [9.17, 15) is 4.79 Å². The lowest BCUT2D eigenvalue weighted by Gasteiger charge is -2.29. The first-order valence-corrected chi connectivity index (χ1v) is 5.66. The maximum absolute atomic E-state index is 11.2. The fourth-order valence-electron chi connectivity index (χ4n) is 1.20. The van der Waals surface area contributed by atoms with Gasteiger partial charge >= 0.3 is 5.97 Å². The second-order valence-corrected chi connectivity index (χ2v) is 4.26. The van der Waals surface area contributed by atoms with Crippen LogP contribution in [0.5, 0.6) is 0 Å². The molecule has 2 atom stereocenters. The minimum atomic E-state index is -0.862. The molecule has 2 unspecified atom stereocenters. The molecule has 0 aromatic carbocycles. The summed E-state index contributed by atoms with van der Waals surface area (Å²) in [5, 5.41) is 0. The molecule has 0 saturated heterocycles. The summed E-state index contributed by atoms with van der Waals surface area (Å²) >= 11 is 0. The molecule has 0 amide bonds. The minimum absolute atomic E-state index is 0.314. The fraction of sp³-hybridized carbons (Fsp3) is 0.615. The van der Waals surface area contributed by atoms with E-state index in [4.69, 9.17) is 18.9 Å². The number of hydrogen-bond donors (Lipinski definition) is 0. The Bertz CT molecular complexity index is 309. The van der Waals surface area contributed by atoms with Crippen LogP contribution in [0.4, 0.5) is 0 Å². The Morgan fingerprint density at radius 2 is 1.83 bits per heavy atom. The van der Waals surface area contributed by atoms with Gasteiger partial charge in [-0.1, -0.05) is 13.2 Å². The Kier molecular flexibility index (Phi) is 6.65. The minimum Gasteiger partial charge on any atom is -0.471 e. The molecule has 5 heteroatoms. The van der Waals surface area contributed by atoms with Crippen LogP contribution in [0.15, 0.2) is 25.0 Å². The predicted octanol–water partition coefficient (Wildman–Crippen LogP) is 2.73. The molecule has 0 bridgehead atoms. The van der Waals surface area contributed by atoms with Crippen LogP contribution < -0.4 is 0 Å². The Morgan fingerprint density at radius 1 is 1.28 bits per heavy atom. The van der Waals surface area contributed by atoms with E-state index >= 15 is 0 Å². The van der Waals surface area contributed by atoms with Crippen LogP contribution in [-0.4, -0.2) is 24.3 Å². The summed E-state index contributed by atoms with van der Waals surface area (Å²) in [6.45, 7) is 15.2. The highest BCUT2D eigenvalue weighted by atomic mass is 16.8. The molecule has 0 aliphatic rings. The molecule has 0 heterocycles. The van der Waals surface area contributed by atoms with Crippen molar-refractivity contribution in [3.05, 3.63) is 25.0 Å². The summed E-state index contributed by atoms with van der Waals surface area (Å²) in [5.41, 5.74) is 0.314. The molecule has 0 N–H and O–H groups in total. The number of carbonyl (C=O) groups is 1. The van der Waals surface area contributed by atoms with Gasteiger partial charge in [-0.25, -0.2) is 4.79 Å². The number of ether oxygens (including phenoxy) is 4. The van der Waals surface area contributed by atoms with E-state index in [-0.39, 0.29) is 0 Å². The lowest BCUT2D eigenvalue weighted by molar-refractivity contribution is -0.301. The summed E-state index contributed by atoms with van der Waals surface area (Å²) in [6.07, 6.45) is -0.0475. The molecule has 0 rings (SSSR count). The first-order chi connectivity index (χ1) is 8.18. The topological polar surface area (TPSA) is 54.0 Å². The molecule has 0 spiro atoms. The summed E-state index contributed by atoms with van der Waals surface area (Å²) < 4.78 is 20.9. The Morgan fingerprint density at radius 3 is 2.28 bits per heavy atom. The summed E-state index contributed by atoms with van der Waals surface area (Å²) in [6, 6.07) is 0. The van der Waals surface area contributed by atoms with E-state index in [1.54, 1.807) is 34.6 Å². The molecule has 104 valence electrons. The van der Waals surface area contributed by atoms with Crippen molar-refractivity contribution < 1.29 is 23.7 Å². The average molecular weight is 258 g/mol. The zero-order chi connectivity index (χ0) is 14.3. The quantitative estimate of drug-likeness (QED) is 0.290. The average Bonchev–Trinajstić information content (AvgIpc) is 2.14. The van der Waals surface area contributed by atoms with Crippen molar-refractivity contribution in [2.45, 2.75) is 53.0 Å². The molecule has 0 fully saturated rings. The largest absolute Gasteiger partial charge is 0.471 e. The van der Waals surface area contributed by atoms with Crippen LogP contribution in [0.2, 0.25) is 0 Å². The van der Waals surface area contributed by atoms with E-state index in [1.807, 2.05) is 0 Å². The van der Waals surface area contributed by atoms with Gasteiger partial charge in [0.2, 0.25) is 12.1 Å². The van der Waals surface area contributed by atoms with E-state index < -0.39 is 24.3 Å². The predicted molar refractivity (Wildman–Crippen MR) is 67.4 cm³/mol. The van der Waals surface area contributed by atoms with Crippen molar-refractivity contribution >= 4 is 5.97 Å². The summed E-state index contributed by atoms with van der Waals surface area (Å²) in [7, 11) is 0. The fourth-order valence-corrected chi connectivity index (χ4v) is 1.20. The number of rotatable bonds is 8. The molecule has 0 saturated carbocycles. The van der Waals surface area contributed by atoms with Crippen molar-refractivity contribution in [2.24, 2.45) is 0 Å². The monoisotopic (exact) mass is 258 g/mol. The van der Waals surface area contributed by atoms with Gasteiger partial charge in [0.15, 0.2) is 6.29 Å². The molecule has 18 heavy (non-hydrogen) atoms. The molecule has 0 aromatic rings. The van der Waals surface area contributed by atoms with Gasteiger partial charge in [0.1, 0.15) is 0 Å². The van der Waals surface area contributed by atoms with Crippen molar-refractivity contribution in [3.8, 4) is 0 Å². The lowest BCUT2D eigenvalue weighted by Crippen LogP contribution is -2.34. The summed E-state index contributed by atoms with van der Waals surface area (Å²) in [5.74, 6) is -1.37. The third kappa shape index (κ3) is 7.09. The zero-order valence-electron chi connectivity index (χ0n) is 11.7. The number of hydrogen-bond acceptors (Lipinski definition) is 5. The highest BCUT2D eigenvalue weighted by molar-refractivity contribution is 5.86. The first kappa shape index (κ1) is 16.7. The molecule has 5 nitrogen and oxygen atoms in total. The van der Waals surface area contributed by atoms with Crippen LogP contribution in [0.3, 0.4) is 0 Å². The molecule has 0 aromatic heterocycles. The van der Waals surface area contributed by atoms with Crippen LogP contribution >= 0.6 is 0 Å². The first-order valence-electron chi connectivity index (χ1n) is 5.66. The molecular weight excluding hydrogens is 236 g/mol. The van der Waals surface area contributed by atoms with E-state index in [0.717, 1.165) is 0 Å². The summed E-state index contributed by atoms with van der Waals surface area (Å²) in [4.78, 5) is 11.2. The van der Waals surface area contributed by atoms with Crippen LogP contribution in [0.1, 0.15) is 34.6 Å². The highest BCUT2D eigenvalue weighted by Crippen LogP contribution is 2.16. The van der Waals surface area contributed by atoms with Gasteiger partial charge in [0, 0.05) is 19.4 Å². The number of carbonyl (C=O) groups excluding carboxylic acids is 1. The van der Waals surface area contributed by atoms with Gasteiger partial charge in [-0.15, -0.1) is 0 Å². The van der Waals surface area contributed by atoms with E-state index in [1.165, 1.54) is 6.26 Å². The molecule has 0 aliphatic heterocycles. The third-order valence-corrected chi connectivity index (χ3v) is 1.82. The smallest absolute Gasteiger partial charge is 0.335 e. The maximum Gasteiger partial charge on any atom is 0.335 e. The van der Waals surface area contributed by atoms with Crippen molar-refractivity contribution in [2.75, 3.05) is 0 Å². The SMILES string of the molecule is C=COC(C)(C)OC(C)OC(C)OC(=O)C(=C)C. The standard InChI is InChI=1S/C13H22O5/c1-8-15-13(6,7)18-11(5)16-10(4)17-12(14)9(2)3/h8,10-11H,1-2H2,3-7H3. The zero-order valence-corrected chi connectivity index (χ0v) is 11.7. The maximum atomic E-state index is 11.2. The van der Waals surface area contributed by atoms with Crippen LogP contribution in [0.25, 0.3) is 0 Å². The second-order valence-electron chi connectivity index (χ2n) is 4.26. The van der Waals surface area contributed by atoms with E-state index in [0.29, 0.717) is 5.57 Å². The van der Waals surface area contributed by atoms with Crippen LogP contribution in [-0.2, 0) is 23.7 Å². The highest BCUT2D eigenvalue weighted by Gasteiger charge is 2.24. The van der Waals surface area contributed by atoms with Gasteiger partial charge in [-0.05, 0) is 20.8 Å². The Hall–Kier alpha value is -1.33. The molecule has 0 aliphatic carbocycles. The molecule has 0 radical (unpaired) electrons. The van der Waals surface area contributed by atoms with Crippen molar-refractivity contribution in [3.63, 3.8) is 0 Å². The van der Waals surface area contributed by atoms with Crippen molar-refractivity contribution in [1.82, 2.24) is 0 Å². The third-order valence-electron chi connectivity index (χ3n) is 1.82. The second kappa shape index (κ2) is 7.18. The van der Waals surface area contributed by atoms with Crippen molar-refractivity contribution in [1.29, 1.82) is 0 Å². The normalized spacial score (nSPS) is 14.5. The van der Waals surface area contributed by atoms with Gasteiger partial charge < -0.3 is 18.9 Å². The Labute approximate surface area is 108 Å². The van der Waals surface area contributed by atoms with Gasteiger partial charge in [0.05, 0.1) is 6.26 Å². The van der Waals surface area contributed by atoms with E-state index in [2.05, 4.69) is 13.2 Å². The lowest BCUT2D eigenvalue weighted by atomic mass is 10.4. The number of esters is 1. The molecular formula is C13H22O5. The van der Waals surface area contributed by atoms with Gasteiger partial charge in [-0.2, -0.15) is 0 Å². The Balaban J connectivity index is 4.15. The van der Waals surface area contributed by atoms with Gasteiger partial charge in [0.25, 0.3) is 0 Å². The van der Waals surface area contributed by atoms with Crippen LogP contribution in [0, 0.1) is 0 Å².